The minimum absolute atomic E-state index is 0. The molecule has 0 heterocycles. The number of benzene rings is 1. The van der Waals surface area contributed by atoms with Gasteiger partial charge in [0, 0.05) is 31.7 Å². The molecule has 0 spiro atoms. The smallest absolute Gasteiger partial charge is 0.407 e. The van der Waals surface area contributed by atoms with Gasteiger partial charge < -0.3 is 30.7 Å². The third kappa shape index (κ3) is 12.3. The third-order valence-electron chi connectivity index (χ3n) is 3.45. The Bertz CT molecular complexity index is 675. The highest BCUT2D eigenvalue weighted by Crippen LogP contribution is 2.10. The van der Waals surface area contributed by atoms with E-state index in [9.17, 15) is 9.59 Å². The molecule has 0 saturated carbocycles. The van der Waals surface area contributed by atoms with E-state index in [-0.39, 0.29) is 29.9 Å². The van der Waals surface area contributed by atoms with Crippen molar-refractivity contribution < 1.29 is 19.1 Å². The Kier molecular flexibility index (Phi) is 13.6. The first-order valence-corrected chi connectivity index (χ1v) is 9.66. The lowest BCUT2D eigenvalue weighted by Gasteiger charge is -2.19. The molecule has 4 N–H and O–H groups in total. The van der Waals surface area contributed by atoms with Gasteiger partial charge in [0.1, 0.15) is 11.4 Å². The van der Waals surface area contributed by atoms with Crippen LogP contribution < -0.4 is 26.0 Å². The molecule has 0 unspecified atom stereocenters. The van der Waals surface area contributed by atoms with E-state index in [2.05, 4.69) is 26.3 Å². The van der Waals surface area contributed by atoms with E-state index in [1.807, 2.05) is 27.7 Å². The molecule has 0 fully saturated rings. The number of nitrogens with one attached hydrogen (secondary N) is 4. The summed E-state index contributed by atoms with van der Waals surface area (Å²) in [4.78, 5) is 28.1. The average molecular weight is 535 g/mol. The van der Waals surface area contributed by atoms with Crippen LogP contribution in [0.2, 0.25) is 0 Å². The number of guanidine groups is 1. The normalized spacial score (nSPS) is 11.0. The molecule has 1 aromatic carbocycles. The number of amides is 2. The first-order chi connectivity index (χ1) is 13.7. The van der Waals surface area contributed by atoms with Crippen LogP contribution in [-0.2, 0) is 4.74 Å². The van der Waals surface area contributed by atoms with Crippen molar-refractivity contribution in [3.05, 3.63) is 29.8 Å². The van der Waals surface area contributed by atoms with E-state index in [1.54, 1.807) is 31.4 Å². The summed E-state index contributed by atoms with van der Waals surface area (Å²) in [7, 11) is 1.58. The molecule has 10 heteroatoms. The summed E-state index contributed by atoms with van der Waals surface area (Å²) in [5.74, 6) is 1.15. The van der Waals surface area contributed by atoms with Gasteiger partial charge in [-0.15, -0.1) is 24.0 Å². The predicted molar refractivity (Wildman–Crippen MR) is 129 cm³/mol. The zero-order valence-corrected chi connectivity index (χ0v) is 20.7. The van der Waals surface area contributed by atoms with E-state index < -0.39 is 11.7 Å². The molecule has 0 aliphatic rings. The Balaban J connectivity index is 0.00000841. The van der Waals surface area contributed by atoms with Crippen molar-refractivity contribution in [1.29, 1.82) is 0 Å². The Labute approximate surface area is 195 Å². The van der Waals surface area contributed by atoms with Crippen LogP contribution in [0.3, 0.4) is 0 Å². The second-order valence-electron chi connectivity index (χ2n) is 7.10. The number of ether oxygens (including phenoxy) is 2. The van der Waals surface area contributed by atoms with Crippen LogP contribution in [-0.4, -0.2) is 63.4 Å². The van der Waals surface area contributed by atoms with Crippen LogP contribution in [0.4, 0.5) is 4.79 Å². The third-order valence-corrected chi connectivity index (χ3v) is 3.45. The number of nitrogens with zero attached hydrogens (tertiary/aromatic N) is 1. The summed E-state index contributed by atoms with van der Waals surface area (Å²) in [6.07, 6.45) is -0.456. The number of halogens is 1. The van der Waals surface area contributed by atoms with Crippen LogP contribution in [0.5, 0.6) is 5.75 Å². The van der Waals surface area contributed by atoms with Crippen LogP contribution in [0.15, 0.2) is 29.3 Å². The van der Waals surface area contributed by atoms with Gasteiger partial charge in [0.15, 0.2) is 5.96 Å². The van der Waals surface area contributed by atoms with Crippen molar-refractivity contribution in [2.24, 2.45) is 4.99 Å². The minimum atomic E-state index is -0.524. The lowest BCUT2D eigenvalue weighted by Crippen LogP contribution is -2.42. The predicted octanol–water partition coefficient (Wildman–Crippen LogP) is 2.12. The Hall–Kier alpha value is -2.24. The second kappa shape index (κ2) is 14.7. The SMILES string of the molecule is CCNC(=NCCNC(=O)c1ccc(OC)cc1)NCCNC(=O)OC(C)(C)C.I. The summed E-state index contributed by atoms with van der Waals surface area (Å²) in [6, 6.07) is 6.90. The maximum Gasteiger partial charge on any atom is 0.407 e. The molecule has 9 nitrogen and oxygen atoms in total. The van der Waals surface area contributed by atoms with Crippen LogP contribution in [0.25, 0.3) is 0 Å². The average Bonchev–Trinajstić information content (AvgIpc) is 2.66. The maximum absolute atomic E-state index is 12.1. The van der Waals surface area contributed by atoms with Crippen LogP contribution >= 0.6 is 24.0 Å². The highest BCUT2D eigenvalue weighted by Gasteiger charge is 2.15. The first-order valence-electron chi connectivity index (χ1n) is 9.66. The Morgan fingerprint density at radius 2 is 1.60 bits per heavy atom. The molecule has 0 radical (unpaired) electrons. The summed E-state index contributed by atoms with van der Waals surface area (Å²) < 4.78 is 10.3. The number of rotatable bonds is 9. The molecule has 170 valence electrons. The van der Waals surface area contributed by atoms with Crippen molar-refractivity contribution >= 4 is 41.9 Å². The van der Waals surface area contributed by atoms with Crippen molar-refractivity contribution in [2.75, 3.05) is 39.8 Å². The first kappa shape index (κ1) is 27.8. The van der Waals surface area contributed by atoms with Gasteiger partial charge in [0.05, 0.1) is 13.7 Å². The highest BCUT2D eigenvalue weighted by molar-refractivity contribution is 14.0. The van der Waals surface area contributed by atoms with Gasteiger partial charge in [0.2, 0.25) is 0 Å². The summed E-state index contributed by atoms with van der Waals surface area (Å²) in [6.45, 7) is 9.80. The topological polar surface area (TPSA) is 113 Å². The molecule has 0 atom stereocenters. The number of carbonyl (C=O) groups excluding carboxylic acids is 2. The molecule has 1 aromatic rings. The van der Waals surface area contributed by atoms with E-state index in [0.29, 0.717) is 50.0 Å². The number of hydrogen-bond donors (Lipinski definition) is 4. The van der Waals surface area contributed by atoms with Gasteiger partial charge in [-0.05, 0) is 52.0 Å². The highest BCUT2D eigenvalue weighted by atomic mass is 127. The molecule has 0 bridgehead atoms. The number of hydrogen-bond acceptors (Lipinski definition) is 5. The number of aliphatic imine (C=N–C) groups is 1. The second-order valence-corrected chi connectivity index (χ2v) is 7.10. The molecular formula is C20H34IN5O4. The fraction of sp³-hybridized carbons (Fsp3) is 0.550. The van der Waals surface area contributed by atoms with Crippen molar-refractivity contribution in [2.45, 2.75) is 33.3 Å². The van der Waals surface area contributed by atoms with Gasteiger partial charge in [-0.2, -0.15) is 0 Å². The fourth-order valence-corrected chi connectivity index (χ4v) is 2.18. The van der Waals surface area contributed by atoms with Crippen molar-refractivity contribution in [3.8, 4) is 5.75 Å². The van der Waals surface area contributed by atoms with Gasteiger partial charge in [-0.25, -0.2) is 4.79 Å². The van der Waals surface area contributed by atoms with E-state index in [1.165, 1.54) is 0 Å². The molecule has 0 saturated heterocycles. The molecule has 1 rings (SSSR count). The zero-order chi connectivity index (χ0) is 21.7. The van der Waals surface area contributed by atoms with Crippen LogP contribution in [0.1, 0.15) is 38.1 Å². The standard InChI is InChI=1S/C20H33N5O4.HI/c1-6-21-18(24-13-14-25-19(27)29-20(2,3)4)23-12-11-22-17(26)15-7-9-16(28-5)10-8-15;/h7-10H,6,11-14H2,1-5H3,(H,22,26)(H,25,27)(H2,21,23,24);1H. The van der Waals surface area contributed by atoms with Crippen molar-refractivity contribution in [1.82, 2.24) is 21.3 Å². The fourth-order valence-electron chi connectivity index (χ4n) is 2.18. The molecule has 0 aliphatic carbocycles. The molecule has 0 aromatic heterocycles. The lowest BCUT2D eigenvalue weighted by atomic mass is 10.2. The van der Waals surface area contributed by atoms with Crippen LogP contribution in [0, 0.1) is 0 Å². The number of alkyl carbamates (subject to hydrolysis) is 1. The Morgan fingerprint density at radius 3 is 2.17 bits per heavy atom. The largest absolute Gasteiger partial charge is 0.497 e. The number of methoxy groups -OCH3 is 1. The van der Waals surface area contributed by atoms with Gasteiger partial charge >= 0.3 is 6.09 Å². The summed E-state index contributed by atoms with van der Waals surface area (Å²) >= 11 is 0. The summed E-state index contributed by atoms with van der Waals surface area (Å²) in [5, 5.41) is 11.7. The van der Waals surface area contributed by atoms with E-state index >= 15 is 0 Å². The quantitative estimate of drug-likeness (QED) is 0.167. The van der Waals surface area contributed by atoms with Gasteiger partial charge in [-0.3, -0.25) is 9.79 Å². The lowest BCUT2D eigenvalue weighted by molar-refractivity contribution is 0.0528. The maximum atomic E-state index is 12.1. The molecule has 30 heavy (non-hydrogen) atoms. The van der Waals surface area contributed by atoms with E-state index in [4.69, 9.17) is 9.47 Å². The number of carbonyl (C=O) groups is 2. The molecular weight excluding hydrogens is 501 g/mol. The molecule has 2 amide bonds. The minimum Gasteiger partial charge on any atom is -0.497 e. The molecule has 0 aliphatic heterocycles. The summed E-state index contributed by atoms with van der Waals surface area (Å²) in [5.41, 5.74) is 0.0393. The van der Waals surface area contributed by atoms with Gasteiger partial charge in [0.25, 0.3) is 5.91 Å². The van der Waals surface area contributed by atoms with E-state index in [0.717, 1.165) is 0 Å². The van der Waals surface area contributed by atoms with Gasteiger partial charge in [-0.1, -0.05) is 0 Å². The Morgan fingerprint density at radius 1 is 0.967 bits per heavy atom. The van der Waals surface area contributed by atoms with Crippen molar-refractivity contribution in [3.63, 3.8) is 0 Å². The monoisotopic (exact) mass is 535 g/mol. The zero-order valence-electron chi connectivity index (χ0n) is 18.3.